The second-order valence-electron chi connectivity index (χ2n) is 8.76. The number of rotatable bonds is 5. The van der Waals surface area contributed by atoms with Crippen LogP contribution in [0.25, 0.3) is 0 Å². The summed E-state index contributed by atoms with van der Waals surface area (Å²) in [4.78, 5) is 9.74. The number of hydrogen-bond donors (Lipinski definition) is 1. The molecule has 4 rings (SSSR count). The van der Waals surface area contributed by atoms with Crippen LogP contribution in [-0.4, -0.2) is 60.0 Å². The van der Waals surface area contributed by atoms with Crippen LogP contribution in [0.3, 0.4) is 0 Å². The number of piperidine rings is 1. The van der Waals surface area contributed by atoms with Crippen LogP contribution in [-0.2, 0) is 18.3 Å². The summed E-state index contributed by atoms with van der Waals surface area (Å²) in [5.74, 6) is 1.81. The highest BCUT2D eigenvalue weighted by atomic mass is 16.5. The smallest absolute Gasteiger partial charge is 0.194 e. The van der Waals surface area contributed by atoms with Gasteiger partial charge in [-0.3, -0.25) is 4.68 Å². The molecule has 0 radical (unpaired) electrons. The molecule has 1 atom stereocenters. The Morgan fingerprint density at radius 1 is 1.19 bits per heavy atom. The van der Waals surface area contributed by atoms with Crippen molar-refractivity contribution >= 4 is 11.6 Å². The zero-order chi connectivity index (χ0) is 21.6. The van der Waals surface area contributed by atoms with Gasteiger partial charge in [0.05, 0.1) is 25.9 Å². The maximum absolute atomic E-state index is 5.99. The molecular weight excluding hydrogens is 388 g/mol. The van der Waals surface area contributed by atoms with Crippen LogP contribution in [0.5, 0.6) is 0 Å². The lowest BCUT2D eigenvalue weighted by atomic mass is 9.99. The van der Waals surface area contributed by atoms with Gasteiger partial charge >= 0.3 is 0 Å². The lowest BCUT2D eigenvalue weighted by molar-refractivity contribution is -0.00805. The first-order valence-electron chi connectivity index (χ1n) is 11.6. The molecule has 7 nitrogen and oxygen atoms in total. The second kappa shape index (κ2) is 10.2. The van der Waals surface area contributed by atoms with E-state index in [0.717, 1.165) is 37.1 Å². The lowest BCUT2D eigenvalue weighted by Crippen LogP contribution is -2.48. The maximum atomic E-state index is 5.99. The normalized spacial score (nSPS) is 20.9. The average molecular weight is 425 g/mol. The summed E-state index contributed by atoms with van der Waals surface area (Å²) in [5, 5.41) is 7.75. The molecule has 2 saturated heterocycles. The Morgan fingerprint density at radius 2 is 1.97 bits per heavy atom. The first-order valence-corrected chi connectivity index (χ1v) is 11.6. The van der Waals surface area contributed by atoms with E-state index >= 15 is 0 Å². The summed E-state index contributed by atoms with van der Waals surface area (Å²) in [6, 6.07) is 8.94. The zero-order valence-electron chi connectivity index (χ0n) is 19.1. The van der Waals surface area contributed by atoms with Gasteiger partial charge in [0.2, 0.25) is 0 Å². The minimum Gasteiger partial charge on any atom is -0.372 e. The van der Waals surface area contributed by atoms with Crippen molar-refractivity contribution in [2.24, 2.45) is 18.0 Å². The SMILES string of the molecule is CCNC(=NCc1ccc(N2CCC(C)CC2)cc1)N1CCOC(c2cnn(C)c2)C1. The topological polar surface area (TPSA) is 57.9 Å². The number of guanidine groups is 1. The van der Waals surface area contributed by atoms with Gasteiger partial charge < -0.3 is 19.9 Å². The van der Waals surface area contributed by atoms with Gasteiger partial charge in [-0.25, -0.2) is 4.99 Å². The number of aromatic nitrogens is 2. The Hall–Kier alpha value is -2.54. The Bertz CT molecular complexity index is 853. The van der Waals surface area contributed by atoms with Crippen LogP contribution in [0.4, 0.5) is 5.69 Å². The van der Waals surface area contributed by atoms with E-state index in [0.29, 0.717) is 13.2 Å². The number of hydrogen-bond acceptors (Lipinski definition) is 4. The van der Waals surface area contributed by atoms with Crippen molar-refractivity contribution in [2.75, 3.05) is 44.2 Å². The molecule has 2 fully saturated rings. The number of aryl methyl sites for hydroxylation is 1. The van der Waals surface area contributed by atoms with Crippen LogP contribution >= 0.6 is 0 Å². The molecule has 7 heteroatoms. The number of nitrogens with one attached hydrogen (secondary N) is 1. The lowest BCUT2D eigenvalue weighted by Gasteiger charge is -2.34. The van der Waals surface area contributed by atoms with Crippen molar-refractivity contribution in [1.82, 2.24) is 20.0 Å². The molecule has 2 aliphatic heterocycles. The van der Waals surface area contributed by atoms with Gasteiger partial charge in [0.15, 0.2) is 5.96 Å². The molecule has 168 valence electrons. The van der Waals surface area contributed by atoms with Crippen molar-refractivity contribution in [3.63, 3.8) is 0 Å². The van der Waals surface area contributed by atoms with E-state index in [1.54, 1.807) is 0 Å². The summed E-state index contributed by atoms with van der Waals surface area (Å²) < 4.78 is 7.82. The van der Waals surface area contributed by atoms with E-state index in [2.05, 4.69) is 58.3 Å². The molecule has 1 N–H and O–H groups in total. The molecule has 0 amide bonds. The third-order valence-corrected chi connectivity index (χ3v) is 6.29. The number of nitrogens with zero attached hydrogens (tertiary/aromatic N) is 5. The van der Waals surface area contributed by atoms with Gasteiger partial charge in [0, 0.05) is 50.7 Å². The molecule has 3 heterocycles. The monoisotopic (exact) mass is 424 g/mol. The summed E-state index contributed by atoms with van der Waals surface area (Å²) in [6.45, 7) is 10.6. The Balaban J connectivity index is 1.39. The molecule has 1 aromatic carbocycles. The summed E-state index contributed by atoms with van der Waals surface area (Å²) in [5.41, 5.74) is 3.69. The highest BCUT2D eigenvalue weighted by molar-refractivity contribution is 5.80. The fourth-order valence-electron chi connectivity index (χ4n) is 4.32. The molecule has 1 aromatic heterocycles. The van der Waals surface area contributed by atoms with Crippen LogP contribution in [0, 0.1) is 5.92 Å². The van der Waals surface area contributed by atoms with Gasteiger partial charge in [-0.1, -0.05) is 19.1 Å². The Kier molecular flexibility index (Phi) is 7.12. The number of aliphatic imine (C=N–C) groups is 1. The standard InChI is InChI=1S/C24H36N6O/c1-4-25-24(30-13-14-31-23(18-30)21-16-27-28(3)17-21)26-15-20-5-7-22(8-6-20)29-11-9-19(2)10-12-29/h5-8,16-17,19,23H,4,9-15,18H2,1-3H3,(H,25,26). The van der Waals surface area contributed by atoms with E-state index in [1.807, 2.05) is 24.1 Å². The predicted octanol–water partition coefficient (Wildman–Crippen LogP) is 3.20. The fraction of sp³-hybridized carbons (Fsp3) is 0.583. The van der Waals surface area contributed by atoms with Crippen molar-refractivity contribution < 1.29 is 4.74 Å². The third kappa shape index (κ3) is 5.58. The number of benzene rings is 1. The second-order valence-corrected chi connectivity index (χ2v) is 8.76. The molecule has 0 spiro atoms. The van der Waals surface area contributed by atoms with E-state index in [-0.39, 0.29) is 6.10 Å². The zero-order valence-corrected chi connectivity index (χ0v) is 19.1. The van der Waals surface area contributed by atoms with Gasteiger partial charge in [0.1, 0.15) is 6.10 Å². The minimum absolute atomic E-state index is 0.0258. The molecule has 0 saturated carbocycles. The van der Waals surface area contributed by atoms with Crippen LogP contribution in [0.15, 0.2) is 41.7 Å². The molecule has 1 unspecified atom stereocenters. The Morgan fingerprint density at radius 3 is 2.65 bits per heavy atom. The van der Waals surface area contributed by atoms with Crippen LogP contribution in [0.1, 0.15) is 43.9 Å². The molecule has 0 bridgehead atoms. The van der Waals surface area contributed by atoms with Crippen LogP contribution < -0.4 is 10.2 Å². The van der Waals surface area contributed by atoms with Crippen molar-refractivity contribution in [1.29, 1.82) is 0 Å². The molecule has 0 aliphatic carbocycles. The summed E-state index contributed by atoms with van der Waals surface area (Å²) >= 11 is 0. The highest BCUT2D eigenvalue weighted by Gasteiger charge is 2.25. The average Bonchev–Trinajstić information content (AvgIpc) is 3.24. The van der Waals surface area contributed by atoms with Crippen molar-refractivity contribution in [3.8, 4) is 0 Å². The maximum Gasteiger partial charge on any atom is 0.194 e. The van der Waals surface area contributed by atoms with E-state index < -0.39 is 0 Å². The fourth-order valence-corrected chi connectivity index (χ4v) is 4.32. The quantitative estimate of drug-likeness (QED) is 0.590. The minimum atomic E-state index is 0.0258. The molecule has 31 heavy (non-hydrogen) atoms. The van der Waals surface area contributed by atoms with Gasteiger partial charge in [-0.2, -0.15) is 5.10 Å². The van der Waals surface area contributed by atoms with E-state index in [9.17, 15) is 0 Å². The highest BCUT2D eigenvalue weighted by Crippen LogP contribution is 2.24. The number of ether oxygens (including phenoxy) is 1. The summed E-state index contributed by atoms with van der Waals surface area (Å²) in [7, 11) is 1.94. The number of anilines is 1. The molecule has 2 aromatic rings. The molecule has 2 aliphatic rings. The van der Waals surface area contributed by atoms with E-state index in [1.165, 1.54) is 37.2 Å². The largest absolute Gasteiger partial charge is 0.372 e. The van der Waals surface area contributed by atoms with Crippen molar-refractivity contribution in [3.05, 3.63) is 47.8 Å². The predicted molar refractivity (Wildman–Crippen MR) is 125 cm³/mol. The van der Waals surface area contributed by atoms with Gasteiger partial charge in [0.25, 0.3) is 0 Å². The third-order valence-electron chi connectivity index (χ3n) is 6.29. The molecular formula is C24H36N6O. The van der Waals surface area contributed by atoms with Gasteiger partial charge in [-0.05, 0) is 43.4 Å². The first kappa shape index (κ1) is 21.7. The van der Waals surface area contributed by atoms with Gasteiger partial charge in [-0.15, -0.1) is 0 Å². The summed E-state index contributed by atoms with van der Waals surface area (Å²) in [6.07, 6.45) is 6.53. The van der Waals surface area contributed by atoms with E-state index in [4.69, 9.17) is 9.73 Å². The Labute approximate surface area is 186 Å². The number of morpholine rings is 1. The van der Waals surface area contributed by atoms with Crippen LogP contribution in [0.2, 0.25) is 0 Å². The first-order chi connectivity index (χ1) is 15.1. The van der Waals surface area contributed by atoms with Crippen molar-refractivity contribution in [2.45, 2.75) is 39.3 Å².